The summed E-state index contributed by atoms with van der Waals surface area (Å²) < 4.78 is 0. The van der Waals surface area contributed by atoms with E-state index in [0.717, 1.165) is 48.6 Å². The lowest BCUT2D eigenvalue weighted by atomic mass is 9.86. The predicted molar refractivity (Wildman–Crippen MR) is 88.0 cm³/mol. The van der Waals surface area contributed by atoms with Crippen molar-refractivity contribution >= 4 is 27.4 Å². The number of aliphatic hydroxyl groups excluding tert-OH is 1. The van der Waals surface area contributed by atoms with Crippen LogP contribution in [0, 0.1) is 5.92 Å². The Balaban J connectivity index is 1.87. The molecule has 0 atom stereocenters. The molecule has 2 aromatic heterocycles. The van der Waals surface area contributed by atoms with E-state index in [1.165, 1.54) is 5.39 Å². The molecule has 1 saturated carbocycles. The lowest BCUT2D eigenvalue weighted by Gasteiger charge is -2.35. The molecule has 3 rings (SSSR count). The number of aliphatic hydroxyl groups is 1. The van der Waals surface area contributed by atoms with E-state index in [1.807, 2.05) is 0 Å². The fourth-order valence-electron chi connectivity index (χ4n) is 3.20. The van der Waals surface area contributed by atoms with Gasteiger partial charge in [-0.3, -0.25) is 0 Å². The minimum absolute atomic E-state index is 0.332. The molecule has 0 spiro atoms. The highest BCUT2D eigenvalue weighted by Gasteiger charge is 2.25. The Hall–Kier alpha value is -1.20. The molecule has 2 heterocycles. The van der Waals surface area contributed by atoms with E-state index in [4.69, 9.17) is 4.98 Å². The predicted octanol–water partition coefficient (Wildman–Crippen LogP) is 3.24. The molecule has 0 bridgehead atoms. The second-order valence-electron chi connectivity index (χ2n) is 5.92. The van der Waals surface area contributed by atoms with Gasteiger partial charge in [0.1, 0.15) is 16.5 Å². The number of fused-ring (bicyclic) bond motifs is 1. The van der Waals surface area contributed by atoms with Crippen molar-refractivity contribution < 1.29 is 5.11 Å². The first-order valence-corrected chi connectivity index (χ1v) is 8.68. The van der Waals surface area contributed by atoms with Crippen molar-refractivity contribution in [2.75, 3.05) is 18.6 Å². The molecule has 21 heavy (non-hydrogen) atoms. The quantitative estimate of drug-likeness (QED) is 0.942. The number of hydrogen-bond donors (Lipinski definition) is 1. The highest BCUT2D eigenvalue weighted by atomic mass is 32.1. The average Bonchev–Trinajstić information content (AvgIpc) is 3.01. The molecule has 1 aliphatic carbocycles. The van der Waals surface area contributed by atoms with Crippen LogP contribution < -0.4 is 4.90 Å². The first kappa shape index (κ1) is 14.7. The smallest absolute Gasteiger partial charge is 0.141 e. The fraction of sp³-hybridized carbons (Fsp3) is 0.625. The van der Waals surface area contributed by atoms with Gasteiger partial charge in [-0.15, -0.1) is 11.3 Å². The van der Waals surface area contributed by atoms with Crippen LogP contribution in [0.15, 0.2) is 11.4 Å². The largest absolute Gasteiger partial charge is 0.396 e. The molecule has 114 valence electrons. The van der Waals surface area contributed by atoms with Crippen LogP contribution in [0.1, 0.15) is 38.4 Å². The molecule has 1 fully saturated rings. The van der Waals surface area contributed by atoms with Crippen molar-refractivity contribution in [3.8, 4) is 0 Å². The molecule has 1 aliphatic rings. The van der Waals surface area contributed by atoms with E-state index in [1.54, 1.807) is 11.3 Å². The number of thiophene rings is 1. The van der Waals surface area contributed by atoms with Crippen molar-refractivity contribution in [1.82, 2.24) is 9.97 Å². The van der Waals surface area contributed by atoms with E-state index in [-0.39, 0.29) is 0 Å². The number of rotatable bonds is 4. The Morgan fingerprint density at radius 3 is 2.71 bits per heavy atom. The number of anilines is 1. The molecule has 1 N–H and O–H groups in total. The van der Waals surface area contributed by atoms with Crippen LogP contribution in [0.3, 0.4) is 0 Å². The van der Waals surface area contributed by atoms with Crippen molar-refractivity contribution in [1.29, 1.82) is 0 Å². The molecule has 0 radical (unpaired) electrons. The lowest BCUT2D eigenvalue weighted by molar-refractivity contribution is 0.182. The maximum atomic E-state index is 9.28. The summed E-state index contributed by atoms with van der Waals surface area (Å²) in [5, 5.41) is 12.5. The van der Waals surface area contributed by atoms with Crippen LogP contribution in [0.25, 0.3) is 10.2 Å². The Kier molecular flexibility index (Phi) is 4.40. The van der Waals surface area contributed by atoms with E-state index >= 15 is 0 Å². The van der Waals surface area contributed by atoms with Gasteiger partial charge in [-0.25, -0.2) is 9.97 Å². The van der Waals surface area contributed by atoms with E-state index in [2.05, 4.69) is 35.3 Å². The number of hydrogen-bond acceptors (Lipinski definition) is 5. The van der Waals surface area contributed by atoms with Crippen molar-refractivity contribution in [3.05, 3.63) is 17.3 Å². The van der Waals surface area contributed by atoms with Crippen LogP contribution in [0.2, 0.25) is 0 Å². The number of aromatic nitrogens is 2. The second kappa shape index (κ2) is 6.28. The summed E-state index contributed by atoms with van der Waals surface area (Å²) in [5.41, 5.74) is 0. The highest BCUT2D eigenvalue weighted by Crippen LogP contribution is 2.33. The zero-order chi connectivity index (χ0) is 14.8. The topological polar surface area (TPSA) is 49.2 Å². The van der Waals surface area contributed by atoms with Crippen LogP contribution in [0.4, 0.5) is 5.82 Å². The standard InChI is InChI=1S/C16H23N3OS/c1-3-14-17-15(13-8-9-21-16(13)18-14)19(2)12-6-4-11(10-20)5-7-12/h8-9,11-12,20H,3-7,10H2,1-2H3. The molecule has 5 heteroatoms. The van der Waals surface area contributed by atoms with Gasteiger partial charge < -0.3 is 10.0 Å². The van der Waals surface area contributed by atoms with Gasteiger partial charge in [0.25, 0.3) is 0 Å². The van der Waals surface area contributed by atoms with Gasteiger partial charge in [0.15, 0.2) is 0 Å². The molecule has 0 unspecified atom stereocenters. The summed E-state index contributed by atoms with van der Waals surface area (Å²) in [4.78, 5) is 12.8. The molecule has 2 aromatic rings. The zero-order valence-electron chi connectivity index (χ0n) is 12.7. The number of nitrogens with zero attached hydrogens (tertiary/aromatic N) is 3. The van der Waals surface area contributed by atoms with Crippen LogP contribution in [-0.2, 0) is 6.42 Å². The highest BCUT2D eigenvalue weighted by molar-refractivity contribution is 7.16. The summed E-state index contributed by atoms with van der Waals surface area (Å²) in [6, 6.07) is 2.65. The normalized spacial score (nSPS) is 22.6. The van der Waals surface area contributed by atoms with Crippen molar-refractivity contribution in [2.45, 2.75) is 45.1 Å². The zero-order valence-corrected chi connectivity index (χ0v) is 13.6. The maximum Gasteiger partial charge on any atom is 0.141 e. The van der Waals surface area contributed by atoms with Crippen molar-refractivity contribution in [2.24, 2.45) is 5.92 Å². The van der Waals surface area contributed by atoms with E-state index in [9.17, 15) is 5.11 Å². The average molecular weight is 305 g/mol. The molecule has 0 aliphatic heterocycles. The van der Waals surface area contributed by atoms with Crippen LogP contribution >= 0.6 is 11.3 Å². The summed E-state index contributed by atoms with van der Waals surface area (Å²) >= 11 is 1.69. The van der Waals surface area contributed by atoms with Gasteiger partial charge in [-0.05, 0) is 43.0 Å². The van der Waals surface area contributed by atoms with Gasteiger partial charge in [-0.1, -0.05) is 6.92 Å². The SMILES string of the molecule is CCc1nc(N(C)C2CCC(CO)CC2)c2ccsc2n1. The summed E-state index contributed by atoms with van der Waals surface area (Å²) in [5.74, 6) is 2.49. The molecule has 0 aromatic carbocycles. The Bertz CT molecular complexity index is 605. The van der Waals surface area contributed by atoms with Gasteiger partial charge in [0.05, 0.1) is 5.39 Å². The Labute approximate surface area is 129 Å². The molecule has 0 amide bonds. The van der Waals surface area contributed by atoms with Gasteiger partial charge in [0.2, 0.25) is 0 Å². The Morgan fingerprint density at radius 1 is 1.29 bits per heavy atom. The van der Waals surface area contributed by atoms with Crippen LogP contribution in [0.5, 0.6) is 0 Å². The molecular formula is C16H23N3OS. The monoisotopic (exact) mass is 305 g/mol. The van der Waals surface area contributed by atoms with Gasteiger partial charge in [-0.2, -0.15) is 0 Å². The first-order chi connectivity index (χ1) is 10.2. The minimum Gasteiger partial charge on any atom is -0.396 e. The van der Waals surface area contributed by atoms with Gasteiger partial charge >= 0.3 is 0 Å². The van der Waals surface area contributed by atoms with Crippen molar-refractivity contribution in [3.63, 3.8) is 0 Å². The lowest BCUT2D eigenvalue weighted by Crippen LogP contribution is -2.36. The third kappa shape index (κ3) is 2.90. The van der Waals surface area contributed by atoms with Gasteiger partial charge in [0, 0.05) is 26.1 Å². The second-order valence-corrected chi connectivity index (χ2v) is 6.82. The summed E-state index contributed by atoms with van der Waals surface area (Å²) in [7, 11) is 2.16. The van der Waals surface area contributed by atoms with E-state index < -0.39 is 0 Å². The minimum atomic E-state index is 0.332. The molecule has 4 nitrogen and oxygen atoms in total. The first-order valence-electron chi connectivity index (χ1n) is 7.80. The summed E-state index contributed by atoms with van der Waals surface area (Å²) in [6.45, 7) is 2.43. The van der Waals surface area contributed by atoms with Crippen LogP contribution in [-0.4, -0.2) is 34.8 Å². The summed E-state index contributed by atoms with van der Waals surface area (Å²) in [6.07, 6.45) is 5.37. The third-order valence-electron chi connectivity index (χ3n) is 4.62. The fourth-order valence-corrected chi connectivity index (χ4v) is 3.97. The molecule has 0 saturated heterocycles. The number of aryl methyl sites for hydroxylation is 1. The molecular weight excluding hydrogens is 282 g/mol. The maximum absolute atomic E-state index is 9.28. The Morgan fingerprint density at radius 2 is 2.05 bits per heavy atom. The van der Waals surface area contributed by atoms with E-state index in [0.29, 0.717) is 18.6 Å². The third-order valence-corrected chi connectivity index (χ3v) is 5.43.